The normalized spacial score (nSPS) is 31.2. The maximum atomic E-state index is 6.95. The van der Waals surface area contributed by atoms with E-state index in [0.717, 1.165) is 30.2 Å². The van der Waals surface area contributed by atoms with Gasteiger partial charge in [-0.2, -0.15) is 0 Å². The van der Waals surface area contributed by atoms with Gasteiger partial charge in [0.25, 0.3) is 0 Å². The van der Waals surface area contributed by atoms with Gasteiger partial charge in [-0.05, 0) is 61.9 Å². The Labute approximate surface area is 166 Å². The highest BCUT2D eigenvalue weighted by Crippen LogP contribution is 2.55. The van der Waals surface area contributed by atoms with Gasteiger partial charge in [0.1, 0.15) is 0 Å². The van der Waals surface area contributed by atoms with Gasteiger partial charge in [-0.3, -0.25) is 4.90 Å². The molecule has 0 aromatic heterocycles. The van der Waals surface area contributed by atoms with Crippen molar-refractivity contribution in [2.45, 2.75) is 50.3 Å². The molecule has 27 heavy (non-hydrogen) atoms. The van der Waals surface area contributed by atoms with Crippen LogP contribution in [0.25, 0.3) is 0 Å². The van der Waals surface area contributed by atoms with E-state index in [4.69, 9.17) is 16.4 Å². The second-order valence-corrected chi connectivity index (χ2v) is 8.58. The molecular weight excluding hydrogens is 356 g/mol. The van der Waals surface area contributed by atoms with Crippen LogP contribution in [0.2, 0.25) is 5.02 Å². The monoisotopic (exact) mass is 382 g/mol. The van der Waals surface area contributed by atoms with Crippen LogP contribution in [0.3, 0.4) is 0 Å². The highest BCUT2D eigenvalue weighted by Gasteiger charge is 2.59. The van der Waals surface area contributed by atoms with Crippen LogP contribution in [0, 0.1) is 5.92 Å². The van der Waals surface area contributed by atoms with E-state index in [1.54, 1.807) is 0 Å². The molecule has 3 unspecified atom stereocenters. The average molecular weight is 383 g/mol. The highest BCUT2D eigenvalue weighted by atomic mass is 35.5. The molecule has 1 aliphatic carbocycles. The summed E-state index contributed by atoms with van der Waals surface area (Å²) >= 11 is 6.19. The van der Waals surface area contributed by atoms with Crippen LogP contribution in [0.5, 0.6) is 0 Å². The van der Waals surface area contributed by atoms with Crippen molar-refractivity contribution in [3.05, 3.63) is 65.2 Å². The number of hydroxylamine groups is 1. The molecule has 3 atom stereocenters. The van der Waals surface area contributed by atoms with E-state index in [1.165, 1.54) is 37.7 Å². The molecule has 0 bridgehead atoms. The maximum absolute atomic E-state index is 6.95. The first-order chi connectivity index (χ1) is 13.3. The molecule has 3 aliphatic rings. The predicted molar refractivity (Wildman–Crippen MR) is 110 cm³/mol. The third-order valence-electron chi connectivity index (χ3n) is 6.63. The lowest BCUT2D eigenvalue weighted by atomic mass is 9.75. The third kappa shape index (κ3) is 2.97. The van der Waals surface area contributed by atoms with Crippen LogP contribution in [0.4, 0.5) is 5.69 Å². The first kappa shape index (κ1) is 17.5. The molecule has 2 saturated heterocycles. The van der Waals surface area contributed by atoms with E-state index in [2.05, 4.69) is 52.4 Å². The molecule has 3 fully saturated rings. The number of benzene rings is 2. The number of hydrogen-bond acceptors (Lipinski definition) is 3. The molecule has 4 heteroatoms. The van der Waals surface area contributed by atoms with Crippen molar-refractivity contribution in [3.8, 4) is 0 Å². The van der Waals surface area contributed by atoms with Crippen LogP contribution in [-0.4, -0.2) is 23.7 Å². The minimum Gasteiger partial charge on any atom is -0.273 e. The van der Waals surface area contributed by atoms with Crippen LogP contribution >= 0.6 is 11.6 Å². The second-order valence-electron chi connectivity index (χ2n) is 8.14. The van der Waals surface area contributed by atoms with Gasteiger partial charge in [-0.25, -0.2) is 9.90 Å². The van der Waals surface area contributed by atoms with E-state index in [9.17, 15) is 0 Å². The quantitative estimate of drug-likeness (QED) is 0.665. The van der Waals surface area contributed by atoms with Crippen molar-refractivity contribution in [2.24, 2.45) is 5.92 Å². The molecule has 0 amide bonds. The van der Waals surface area contributed by atoms with Crippen LogP contribution in [-0.2, 0) is 4.84 Å². The number of rotatable bonds is 3. The van der Waals surface area contributed by atoms with Crippen molar-refractivity contribution < 1.29 is 4.84 Å². The Kier molecular flexibility index (Phi) is 4.63. The summed E-state index contributed by atoms with van der Waals surface area (Å²) in [6, 6.07) is 19.2. The van der Waals surface area contributed by atoms with Crippen molar-refractivity contribution >= 4 is 17.3 Å². The smallest absolute Gasteiger partial charge is 0.154 e. The summed E-state index contributed by atoms with van der Waals surface area (Å²) in [5.74, 6) is 0.478. The third-order valence-corrected chi connectivity index (χ3v) is 6.89. The van der Waals surface area contributed by atoms with Gasteiger partial charge < -0.3 is 0 Å². The Balaban J connectivity index is 1.61. The largest absolute Gasteiger partial charge is 0.273 e. The number of likely N-dealkylation sites (tertiary alicyclic amines) is 1. The molecule has 0 spiro atoms. The molecule has 3 nitrogen and oxygen atoms in total. The number of para-hydroxylation sites is 1. The molecule has 2 heterocycles. The SMILES string of the molecule is Clc1ccc(C2C3CCCCC3(N3CCCC3)ON2c2ccccc2)cc1. The zero-order valence-electron chi connectivity index (χ0n) is 15.7. The lowest BCUT2D eigenvalue weighted by Crippen LogP contribution is -2.53. The Morgan fingerprint density at radius 2 is 1.63 bits per heavy atom. The fourth-order valence-corrected chi connectivity index (χ4v) is 5.55. The molecule has 1 saturated carbocycles. The van der Waals surface area contributed by atoms with Crippen molar-refractivity contribution in [1.82, 2.24) is 4.90 Å². The molecule has 5 rings (SSSR count). The molecule has 2 aliphatic heterocycles. The van der Waals surface area contributed by atoms with Gasteiger partial charge in [0.2, 0.25) is 0 Å². The van der Waals surface area contributed by atoms with Gasteiger partial charge in [-0.15, -0.1) is 0 Å². The summed E-state index contributed by atoms with van der Waals surface area (Å²) in [4.78, 5) is 9.59. The fraction of sp³-hybridized carbons (Fsp3) is 0.478. The zero-order valence-corrected chi connectivity index (χ0v) is 16.4. The van der Waals surface area contributed by atoms with Gasteiger partial charge in [0.05, 0.1) is 11.7 Å². The van der Waals surface area contributed by atoms with Crippen molar-refractivity contribution in [2.75, 3.05) is 18.2 Å². The predicted octanol–water partition coefficient (Wildman–Crippen LogP) is 5.82. The van der Waals surface area contributed by atoms with E-state index in [-0.39, 0.29) is 11.8 Å². The average Bonchev–Trinajstić information content (AvgIpc) is 3.36. The molecular formula is C23H27ClN2O. The highest BCUT2D eigenvalue weighted by molar-refractivity contribution is 6.30. The fourth-order valence-electron chi connectivity index (χ4n) is 5.42. The minimum absolute atomic E-state index is 0.158. The molecule has 0 N–H and O–H groups in total. The van der Waals surface area contributed by atoms with Crippen LogP contribution in [0.1, 0.15) is 50.1 Å². The first-order valence-electron chi connectivity index (χ1n) is 10.3. The van der Waals surface area contributed by atoms with Gasteiger partial charge in [-0.1, -0.05) is 48.4 Å². The lowest BCUT2D eigenvalue weighted by molar-refractivity contribution is -0.161. The Morgan fingerprint density at radius 3 is 2.37 bits per heavy atom. The van der Waals surface area contributed by atoms with Gasteiger partial charge in [0, 0.05) is 24.0 Å². The summed E-state index contributed by atoms with van der Waals surface area (Å²) in [7, 11) is 0. The zero-order chi connectivity index (χ0) is 18.3. The second kappa shape index (κ2) is 7.12. The van der Waals surface area contributed by atoms with E-state index in [1.807, 2.05) is 12.1 Å². The van der Waals surface area contributed by atoms with Crippen molar-refractivity contribution in [1.29, 1.82) is 0 Å². The van der Waals surface area contributed by atoms with Crippen LogP contribution < -0.4 is 5.06 Å². The molecule has 2 aromatic rings. The number of nitrogens with zero attached hydrogens (tertiary/aromatic N) is 2. The summed E-state index contributed by atoms with van der Waals surface area (Å²) in [5.41, 5.74) is 2.29. The molecule has 0 radical (unpaired) electrons. The maximum Gasteiger partial charge on any atom is 0.154 e. The Morgan fingerprint density at radius 1 is 0.889 bits per heavy atom. The van der Waals surface area contributed by atoms with Gasteiger partial charge in [0.15, 0.2) is 5.72 Å². The Bertz CT molecular complexity index is 775. The van der Waals surface area contributed by atoms with E-state index >= 15 is 0 Å². The number of anilines is 1. The van der Waals surface area contributed by atoms with Crippen LogP contribution in [0.15, 0.2) is 54.6 Å². The van der Waals surface area contributed by atoms with E-state index in [0.29, 0.717) is 5.92 Å². The number of hydrogen-bond donors (Lipinski definition) is 0. The van der Waals surface area contributed by atoms with Gasteiger partial charge >= 0.3 is 0 Å². The topological polar surface area (TPSA) is 15.7 Å². The minimum atomic E-state index is -0.158. The summed E-state index contributed by atoms with van der Waals surface area (Å²) < 4.78 is 0. The standard InChI is InChI=1S/C23H27ClN2O/c24-19-13-11-18(12-14-19)22-21-10-4-5-15-23(21,25-16-6-7-17-25)27-26(22)20-8-2-1-3-9-20/h1-3,8-9,11-14,21-22H,4-7,10,15-17H2. The number of halogens is 1. The van der Waals surface area contributed by atoms with E-state index < -0.39 is 0 Å². The molecule has 142 valence electrons. The summed E-state index contributed by atoms with van der Waals surface area (Å²) in [5, 5.41) is 3.00. The van der Waals surface area contributed by atoms with Crippen molar-refractivity contribution in [3.63, 3.8) is 0 Å². The summed E-state index contributed by atoms with van der Waals surface area (Å²) in [6.45, 7) is 2.32. The Hall–Kier alpha value is -1.55. The first-order valence-corrected chi connectivity index (χ1v) is 10.7. The molecule has 2 aromatic carbocycles. The number of fused-ring (bicyclic) bond motifs is 1. The summed E-state index contributed by atoms with van der Waals surface area (Å²) in [6.07, 6.45) is 7.46. The lowest BCUT2D eigenvalue weighted by Gasteiger charge is -2.44.